The molecule has 1 N–H and O–H groups in total. The number of anilines is 1. The maximum atomic E-state index is 12.6. The highest BCUT2D eigenvalue weighted by molar-refractivity contribution is 7.92. The van der Waals surface area contributed by atoms with Gasteiger partial charge >= 0.3 is 0 Å². The van der Waals surface area contributed by atoms with Crippen LogP contribution in [0.15, 0.2) is 59.6 Å². The van der Waals surface area contributed by atoms with Crippen molar-refractivity contribution in [3.05, 3.63) is 75.9 Å². The van der Waals surface area contributed by atoms with Crippen molar-refractivity contribution in [3.63, 3.8) is 0 Å². The Morgan fingerprint density at radius 2 is 1.65 bits per heavy atom. The molecule has 0 amide bonds. The normalized spacial score (nSPS) is 11.4. The van der Waals surface area contributed by atoms with E-state index in [1.807, 2.05) is 26.0 Å². The van der Waals surface area contributed by atoms with Gasteiger partial charge in [-0.2, -0.15) is 0 Å². The van der Waals surface area contributed by atoms with Crippen molar-refractivity contribution in [3.8, 4) is 11.1 Å². The first kappa shape index (κ1) is 18.7. The zero-order chi connectivity index (χ0) is 18.9. The molecule has 0 unspecified atom stereocenters. The Hall–Kier alpha value is -2.08. The van der Waals surface area contributed by atoms with Gasteiger partial charge in [-0.05, 0) is 55.3 Å². The van der Waals surface area contributed by atoms with Gasteiger partial charge < -0.3 is 0 Å². The molecule has 1 heterocycles. The van der Waals surface area contributed by atoms with E-state index in [-0.39, 0.29) is 10.7 Å². The van der Waals surface area contributed by atoms with Crippen LogP contribution in [0.5, 0.6) is 0 Å². The minimum Gasteiger partial charge on any atom is -0.263 e. The average molecular weight is 407 g/mol. The van der Waals surface area contributed by atoms with E-state index >= 15 is 0 Å². The lowest BCUT2D eigenvalue weighted by molar-refractivity contribution is 0.601. The second-order valence-electron chi connectivity index (χ2n) is 5.96. The van der Waals surface area contributed by atoms with Crippen LogP contribution in [0, 0.1) is 13.8 Å². The summed E-state index contributed by atoms with van der Waals surface area (Å²) in [7, 11) is -3.71. The van der Waals surface area contributed by atoms with Gasteiger partial charge in [0.25, 0.3) is 10.0 Å². The summed E-state index contributed by atoms with van der Waals surface area (Å²) >= 11 is 12.2. The van der Waals surface area contributed by atoms with Crippen molar-refractivity contribution in [1.29, 1.82) is 0 Å². The predicted octanol–water partition coefficient (Wildman–Crippen LogP) is 5.47. The Balaban J connectivity index is 1.88. The van der Waals surface area contributed by atoms with E-state index < -0.39 is 10.0 Å². The summed E-state index contributed by atoms with van der Waals surface area (Å²) in [4.78, 5) is 4.40. The van der Waals surface area contributed by atoms with Crippen LogP contribution in [0.4, 0.5) is 5.82 Å². The molecule has 2 aromatic carbocycles. The van der Waals surface area contributed by atoms with E-state index in [4.69, 9.17) is 23.2 Å². The second-order valence-corrected chi connectivity index (χ2v) is 8.43. The third-order valence-electron chi connectivity index (χ3n) is 3.77. The van der Waals surface area contributed by atoms with Crippen LogP contribution in [0.3, 0.4) is 0 Å². The number of hydrogen-bond acceptors (Lipinski definition) is 3. The number of aryl methyl sites for hydroxylation is 2. The first-order valence-corrected chi connectivity index (χ1v) is 10.0. The van der Waals surface area contributed by atoms with Crippen LogP contribution < -0.4 is 4.72 Å². The summed E-state index contributed by atoms with van der Waals surface area (Å²) < 4.78 is 27.6. The van der Waals surface area contributed by atoms with Crippen molar-refractivity contribution in [1.82, 2.24) is 4.98 Å². The standard InChI is InChI=1S/C19H16Cl2N2O2S/c1-12-8-13(2)10-15(9-12)26(24,25)23-18-7-6-14(11-22-18)16-4-3-5-17(20)19(16)21/h3-11H,1-2H3,(H,22,23). The van der Waals surface area contributed by atoms with Crippen LogP contribution in [0.1, 0.15) is 11.1 Å². The maximum Gasteiger partial charge on any atom is 0.263 e. The molecule has 0 atom stereocenters. The zero-order valence-electron chi connectivity index (χ0n) is 14.1. The summed E-state index contributed by atoms with van der Waals surface area (Å²) in [6.45, 7) is 3.71. The van der Waals surface area contributed by atoms with Crippen molar-refractivity contribution in [2.75, 3.05) is 4.72 Å². The van der Waals surface area contributed by atoms with Crippen molar-refractivity contribution < 1.29 is 8.42 Å². The van der Waals surface area contributed by atoms with E-state index in [9.17, 15) is 8.42 Å². The third-order valence-corrected chi connectivity index (χ3v) is 5.92. The first-order chi connectivity index (χ1) is 12.3. The summed E-state index contributed by atoms with van der Waals surface area (Å²) in [5.74, 6) is 0.228. The lowest BCUT2D eigenvalue weighted by Crippen LogP contribution is -2.14. The van der Waals surface area contributed by atoms with Crippen molar-refractivity contribution in [2.24, 2.45) is 0 Å². The SMILES string of the molecule is Cc1cc(C)cc(S(=O)(=O)Nc2ccc(-c3cccc(Cl)c3Cl)cn2)c1. The van der Waals surface area contributed by atoms with Gasteiger partial charge in [-0.15, -0.1) is 0 Å². The Morgan fingerprint density at radius 3 is 2.27 bits per heavy atom. The molecule has 0 spiro atoms. The summed E-state index contributed by atoms with van der Waals surface area (Å²) in [5, 5.41) is 0.878. The zero-order valence-corrected chi connectivity index (χ0v) is 16.5. The van der Waals surface area contributed by atoms with Gasteiger partial charge in [-0.25, -0.2) is 13.4 Å². The Bertz CT molecular complexity index is 1050. The minimum absolute atomic E-state index is 0.207. The van der Waals surface area contributed by atoms with E-state index in [0.29, 0.717) is 10.0 Å². The van der Waals surface area contributed by atoms with Gasteiger partial charge in [-0.3, -0.25) is 4.72 Å². The molecule has 0 aliphatic rings. The van der Waals surface area contributed by atoms with E-state index in [1.165, 1.54) is 0 Å². The number of hydrogen-bond donors (Lipinski definition) is 1. The molecule has 0 radical (unpaired) electrons. The summed E-state index contributed by atoms with van der Waals surface area (Å²) in [5.41, 5.74) is 3.23. The largest absolute Gasteiger partial charge is 0.263 e. The number of pyridine rings is 1. The molecule has 26 heavy (non-hydrogen) atoms. The topological polar surface area (TPSA) is 59.1 Å². The highest BCUT2D eigenvalue weighted by Gasteiger charge is 2.16. The molecule has 0 aliphatic heterocycles. The number of aromatic nitrogens is 1. The van der Waals surface area contributed by atoms with Crippen LogP contribution in [0.2, 0.25) is 10.0 Å². The molecule has 0 bridgehead atoms. The Kier molecular flexibility index (Phi) is 5.23. The quantitative estimate of drug-likeness (QED) is 0.624. The molecule has 3 rings (SSSR count). The Labute approximate surface area is 162 Å². The average Bonchev–Trinajstić information content (AvgIpc) is 2.57. The predicted molar refractivity (Wildman–Crippen MR) is 106 cm³/mol. The van der Waals surface area contributed by atoms with E-state index in [1.54, 1.807) is 42.6 Å². The summed E-state index contributed by atoms with van der Waals surface area (Å²) in [6.07, 6.45) is 1.55. The second kappa shape index (κ2) is 7.27. The van der Waals surface area contributed by atoms with Gasteiger partial charge in [0.05, 0.1) is 14.9 Å². The third kappa shape index (κ3) is 4.01. The highest BCUT2D eigenvalue weighted by Crippen LogP contribution is 2.33. The molecule has 1 aromatic heterocycles. The van der Waals surface area contributed by atoms with Crippen LogP contribution in [-0.2, 0) is 10.0 Å². The van der Waals surface area contributed by atoms with Gasteiger partial charge in [-0.1, -0.05) is 41.4 Å². The molecule has 0 fully saturated rings. The molecule has 0 aliphatic carbocycles. The van der Waals surface area contributed by atoms with Crippen molar-refractivity contribution >= 4 is 39.0 Å². The lowest BCUT2D eigenvalue weighted by atomic mass is 10.1. The van der Waals surface area contributed by atoms with Crippen molar-refractivity contribution in [2.45, 2.75) is 18.7 Å². The van der Waals surface area contributed by atoms with Gasteiger partial charge in [0.2, 0.25) is 0 Å². The monoisotopic (exact) mass is 406 g/mol. The molecular weight excluding hydrogens is 391 g/mol. The minimum atomic E-state index is -3.71. The molecule has 4 nitrogen and oxygen atoms in total. The number of nitrogens with one attached hydrogen (secondary N) is 1. The Morgan fingerprint density at radius 1 is 0.962 bits per heavy atom. The molecular formula is C19H16Cl2N2O2S. The smallest absolute Gasteiger partial charge is 0.263 e. The fraction of sp³-hybridized carbons (Fsp3) is 0.105. The van der Waals surface area contributed by atoms with Crippen LogP contribution in [0.25, 0.3) is 11.1 Å². The molecule has 3 aromatic rings. The molecule has 134 valence electrons. The van der Waals surface area contributed by atoms with E-state index in [2.05, 4.69) is 9.71 Å². The van der Waals surface area contributed by atoms with Gasteiger partial charge in [0, 0.05) is 17.3 Å². The first-order valence-electron chi connectivity index (χ1n) is 7.78. The van der Waals surface area contributed by atoms with Gasteiger partial charge in [0.1, 0.15) is 5.82 Å². The number of halogens is 2. The summed E-state index contributed by atoms with van der Waals surface area (Å²) in [6, 6.07) is 13.8. The fourth-order valence-corrected chi connectivity index (χ4v) is 4.23. The molecule has 7 heteroatoms. The van der Waals surface area contributed by atoms with Gasteiger partial charge in [0.15, 0.2) is 0 Å². The fourth-order valence-electron chi connectivity index (χ4n) is 2.62. The number of rotatable bonds is 4. The lowest BCUT2D eigenvalue weighted by Gasteiger charge is -2.10. The number of sulfonamides is 1. The maximum absolute atomic E-state index is 12.6. The molecule has 0 saturated heterocycles. The number of benzene rings is 2. The highest BCUT2D eigenvalue weighted by atomic mass is 35.5. The number of nitrogens with zero attached hydrogens (tertiary/aromatic N) is 1. The molecule has 0 saturated carbocycles. The van der Waals surface area contributed by atoms with Crippen LogP contribution >= 0.6 is 23.2 Å². The van der Waals surface area contributed by atoms with E-state index in [0.717, 1.165) is 22.3 Å². The van der Waals surface area contributed by atoms with Crippen LogP contribution in [-0.4, -0.2) is 13.4 Å².